The number of aliphatic imine (C=N–C) groups is 1. The molecule has 136 valence electrons. The van der Waals surface area contributed by atoms with Crippen LogP contribution in [0.4, 0.5) is 0 Å². The van der Waals surface area contributed by atoms with E-state index in [9.17, 15) is 8.42 Å². The Morgan fingerprint density at radius 1 is 1.38 bits per heavy atom. The van der Waals surface area contributed by atoms with Crippen LogP contribution in [0.15, 0.2) is 26.7 Å². The summed E-state index contributed by atoms with van der Waals surface area (Å²) in [6.07, 6.45) is 0.824. The lowest BCUT2D eigenvalue weighted by Gasteiger charge is -2.27. The maximum absolute atomic E-state index is 12.5. The van der Waals surface area contributed by atoms with Gasteiger partial charge in [-0.05, 0) is 23.8 Å². The number of ether oxygens (including phenoxy) is 1. The zero-order chi connectivity index (χ0) is 16.3. The van der Waals surface area contributed by atoms with Crippen LogP contribution in [-0.4, -0.2) is 69.5 Å². The van der Waals surface area contributed by atoms with E-state index in [1.165, 1.54) is 11.3 Å². The van der Waals surface area contributed by atoms with Crippen LogP contribution in [0.3, 0.4) is 0 Å². The molecule has 2 fully saturated rings. The second-order valence-corrected chi connectivity index (χ2v) is 8.86. The lowest BCUT2D eigenvalue weighted by Crippen LogP contribution is -2.45. The molecule has 0 aliphatic carbocycles. The number of morpholine rings is 1. The monoisotopic (exact) mass is 486 g/mol. The van der Waals surface area contributed by atoms with E-state index in [0.717, 1.165) is 19.5 Å². The van der Waals surface area contributed by atoms with Gasteiger partial charge in [-0.1, -0.05) is 6.07 Å². The molecule has 3 rings (SSSR count). The molecule has 0 radical (unpaired) electrons. The van der Waals surface area contributed by atoms with Gasteiger partial charge in [-0.3, -0.25) is 4.99 Å². The van der Waals surface area contributed by atoms with Crippen molar-refractivity contribution in [2.24, 2.45) is 16.6 Å². The first-order chi connectivity index (χ1) is 11.1. The summed E-state index contributed by atoms with van der Waals surface area (Å²) in [4.78, 5) is 6.47. The van der Waals surface area contributed by atoms with Crippen molar-refractivity contribution in [3.8, 4) is 0 Å². The molecule has 0 bridgehead atoms. The molecule has 1 unspecified atom stereocenters. The molecule has 1 atom stereocenters. The molecule has 2 aliphatic rings. The maximum Gasteiger partial charge on any atom is 0.252 e. The van der Waals surface area contributed by atoms with Crippen molar-refractivity contribution in [1.29, 1.82) is 0 Å². The molecule has 3 heterocycles. The van der Waals surface area contributed by atoms with Gasteiger partial charge in [-0.25, -0.2) is 8.42 Å². The lowest BCUT2D eigenvalue weighted by molar-refractivity contribution is 0.0674. The number of nitrogens with two attached hydrogens (primary N) is 1. The van der Waals surface area contributed by atoms with E-state index in [-0.39, 0.29) is 29.9 Å². The molecule has 7 nitrogen and oxygen atoms in total. The minimum atomic E-state index is -3.34. The van der Waals surface area contributed by atoms with Gasteiger partial charge < -0.3 is 15.4 Å². The lowest BCUT2D eigenvalue weighted by atomic mass is 10.1. The maximum atomic E-state index is 12.5. The molecule has 1 aromatic heterocycles. The van der Waals surface area contributed by atoms with E-state index < -0.39 is 10.0 Å². The Morgan fingerprint density at radius 3 is 2.79 bits per heavy atom. The molecule has 1 aromatic rings. The summed E-state index contributed by atoms with van der Waals surface area (Å²) in [7, 11) is -3.34. The third-order valence-corrected chi connectivity index (χ3v) is 7.42. The number of hydrogen-bond donors (Lipinski definition) is 1. The average molecular weight is 486 g/mol. The minimum absolute atomic E-state index is 0. The van der Waals surface area contributed by atoms with Gasteiger partial charge in [0.05, 0.1) is 13.2 Å². The number of sulfonamides is 1. The highest BCUT2D eigenvalue weighted by molar-refractivity contribution is 14.0. The quantitative estimate of drug-likeness (QED) is 0.390. The first-order valence-corrected chi connectivity index (χ1v) is 10.1. The number of rotatable bonds is 4. The predicted octanol–water partition coefficient (Wildman–Crippen LogP) is 1.02. The number of nitrogens with zero attached hydrogens (tertiary/aromatic N) is 3. The zero-order valence-corrected chi connectivity index (χ0v) is 17.3. The standard InChI is InChI=1S/C14H22N4O3S2.HI/c15-14(17-5-7-21-8-6-17)16-10-12-3-4-18(11-12)23(19,20)13-2-1-9-22-13;/h1-2,9,12H,3-8,10-11H2,(H2,15,16);1H. The fourth-order valence-electron chi connectivity index (χ4n) is 2.82. The fourth-order valence-corrected chi connectivity index (χ4v) is 5.49. The predicted molar refractivity (Wildman–Crippen MR) is 105 cm³/mol. The van der Waals surface area contributed by atoms with Gasteiger partial charge in [0, 0.05) is 32.7 Å². The third kappa shape index (κ3) is 4.59. The summed E-state index contributed by atoms with van der Waals surface area (Å²) in [6, 6.07) is 3.42. The van der Waals surface area contributed by atoms with Crippen LogP contribution < -0.4 is 5.73 Å². The molecular formula is C14H23IN4O3S2. The first-order valence-electron chi connectivity index (χ1n) is 7.73. The Bertz CT molecular complexity index is 645. The van der Waals surface area contributed by atoms with E-state index in [2.05, 4.69) is 4.99 Å². The number of thiophene rings is 1. The van der Waals surface area contributed by atoms with E-state index in [4.69, 9.17) is 10.5 Å². The summed E-state index contributed by atoms with van der Waals surface area (Å²) in [5.74, 6) is 0.761. The molecule has 2 aliphatic heterocycles. The van der Waals surface area contributed by atoms with E-state index in [0.29, 0.717) is 43.0 Å². The van der Waals surface area contributed by atoms with Crippen molar-refractivity contribution in [1.82, 2.24) is 9.21 Å². The Labute approximate surface area is 163 Å². The number of halogens is 1. The third-order valence-electron chi connectivity index (χ3n) is 4.18. The highest BCUT2D eigenvalue weighted by Crippen LogP contribution is 2.27. The highest BCUT2D eigenvalue weighted by Gasteiger charge is 2.33. The minimum Gasteiger partial charge on any atom is -0.378 e. The summed E-state index contributed by atoms with van der Waals surface area (Å²) < 4.78 is 32.2. The van der Waals surface area contributed by atoms with Gasteiger partial charge in [0.15, 0.2) is 5.96 Å². The molecule has 0 spiro atoms. The summed E-state index contributed by atoms with van der Waals surface area (Å²) in [5, 5.41) is 1.79. The molecule has 0 saturated carbocycles. The van der Waals surface area contributed by atoms with E-state index in [1.807, 2.05) is 4.90 Å². The Hall–Kier alpha value is -0.430. The second-order valence-electron chi connectivity index (χ2n) is 5.75. The molecule has 0 amide bonds. The van der Waals surface area contributed by atoms with Crippen LogP contribution in [0.25, 0.3) is 0 Å². The molecule has 24 heavy (non-hydrogen) atoms. The van der Waals surface area contributed by atoms with Crippen molar-refractivity contribution < 1.29 is 13.2 Å². The molecular weight excluding hydrogens is 463 g/mol. The highest BCUT2D eigenvalue weighted by atomic mass is 127. The summed E-state index contributed by atoms with van der Waals surface area (Å²) in [6.45, 7) is 4.51. The van der Waals surface area contributed by atoms with Crippen LogP contribution in [-0.2, 0) is 14.8 Å². The normalized spacial score (nSPS) is 23.2. The Morgan fingerprint density at radius 2 is 2.12 bits per heavy atom. The topological polar surface area (TPSA) is 88.2 Å². The zero-order valence-electron chi connectivity index (χ0n) is 13.3. The smallest absolute Gasteiger partial charge is 0.252 e. The van der Waals surface area contributed by atoms with Crippen LogP contribution in [0.5, 0.6) is 0 Å². The summed E-state index contributed by atoms with van der Waals surface area (Å²) in [5.41, 5.74) is 6.01. The molecule has 2 N–H and O–H groups in total. The van der Waals surface area contributed by atoms with E-state index in [1.54, 1.807) is 21.8 Å². The van der Waals surface area contributed by atoms with Crippen LogP contribution in [0.1, 0.15) is 6.42 Å². The molecule has 0 aromatic carbocycles. The van der Waals surface area contributed by atoms with E-state index >= 15 is 0 Å². The van der Waals surface area contributed by atoms with Gasteiger partial charge in [0.25, 0.3) is 10.0 Å². The van der Waals surface area contributed by atoms with Gasteiger partial charge >= 0.3 is 0 Å². The van der Waals surface area contributed by atoms with Crippen molar-refractivity contribution in [2.45, 2.75) is 10.6 Å². The fraction of sp³-hybridized carbons (Fsp3) is 0.643. The Kier molecular flexibility index (Phi) is 7.28. The second kappa shape index (κ2) is 8.79. The van der Waals surface area contributed by atoms with Gasteiger partial charge in [0.1, 0.15) is 4.21 Å². The average Bonchev–Trinajstić information content (AvgIpc) is 3.25. The Balaban J connectivity index is 0.00000208. The first kappa shape index (κ1) is 19.9. The van der Waals surface area contributed by atoms with Crippen molar-refractivity contribution >= 4 is 51.3 Å². The number of guanidine groups is 1. The van der Waals surface area contributed by atoms with Crippen molar-refractivity contribution in [3.63, 3.8) is 0 Å². The molecule has 10 heteroatoms. The van der Waals surface area contributed by atoms with Gasteiger partial charge in [-0.2, -0.15) is 4.31 Å². The number of hydrogen-bond acceptors (Lipinski definition) is 5. The largest absolute Gasteiger partial charge is 0.378 e. The SMILES string of the molecule is I.NC(=NCC1CCN(S(=O)(=O)c2cccs2)C1)N1CCOCC1. The van der Waals surface area contributed by atoms with Crippen molar-refractivity contribution in [2.75, 3.05) is 45.9 Å². The van der Waals surface area contributed by atoms with Crippen LogP contribution in [0.2, 0.25) is 0 Å². The summed E-state index contributed by atoms with van der Waals surface area (Å²) >= 11 is 1.26. The van der Waals surface area contributed by atoms with Crippen molar-refractivity contribution in [3.05, 3.63) is 17.5 Å². The molecule has 2 saturated heterocycles. The van der Waals surface area contributed by atoms with Gasteiger partial charge in [0.2, 0.25) is 0 Å². The van der Waals surface area contributed by atoms with Crippen LogP contribution >= 0.6 is 35.3 Å². The van der Waals surface area contributed by atoms with Crippen LogP contribution in [0, 0.1) is 5.92 Å². The van der Waals surface area contributed by atoms with Gasteiger partial charge in [-0.15, -0.1) is 35.3 Å².